The summed E-state index contributed by atoms with van der Waals surface area (Å²) in [4.78, 5) is 16.3. The molecule has 0 bridgehead atoms. The van der Waals surface area contributed by atoms with Gasteiger partial charge in [0.15, 0.2) is 0 Å². The minimum atomic E-state index is 0.261. The summed E-state index contributed by atoms with van der Waals surface area (Å²) < 4.78 is 6.32. The topological polar surface area (TPSA) is 44.7 Å². The molecule has 3 rings (SSSR count). The summed E-state index contributed by atoms with van der Waals surface area (Å²) >= 11 is 0. The molecule has 0 aliphatic carbocycles. The summed E-state index contributed by atoms with van der Waals surface area (Å²) in [6.45, 7) is 7.86. The fourth-order valence-corrected chi connectivity index (χ4v) is 3.86. The first kappa shape index (κ1) is 18.5. The molecule has 0 aromatic carbocycles. The largest absolute Gasteiger partial charge is 0.373 e. The molecule has 2 aliphatic heterocycles. The second kappa shape index (κ2) is 8.43. The summed E-state index contributed by atoms with van der Waals surface area (Å²) in [6.07, 6.45) is 6.91. The van der Waals surface area contributed by atoms with Crippen molar-refractivity contribution in [2.24, 2.45) is 0 Å². The molecule has 2 fully saturated rings. The van der Waals surface area contributed by atoms with Crippen molar-refractivity contribution >= 4 is 5.82 Å². The highest BCUT2D eigenvalue weighted by molar-refractivity contribution is 5.43. The van der Waals surface area contributed by atoms with Crippen LogP contribution in [-0.2, 0) is 11.2 Å². The predicted octanol–water partition coefficient (Wildman–Crippen LogP) is 1.58. The Morgan fingerprint density at radius 2 is 1.96 bits per heavy atom. The maximum atomic E-state index is 6.32. The smallest absolute Gasteiger partial charge is 0.134 e. The lowest BCUT2D eigenvalue weighted by Gasteiger charge is -2.24. The van der Waals surface area contributed by atoms with Crippen LogP contribution in [0.25, 0.3) is 0 Å². The van der Waals surface area contributed by atoms with Crippen LogP contribution in [0.2, 0.25) is 0 Å². The molecular weight excluding hydrogens is 314 g/mol. The van der Waals surface area contributed by atoms with Gasteiger partial charge in [0.2, 0.25) is 0 Å². The van der Waals surface area contributed by atoms with E-state index in [1.54, 1.807) is 0 Å². The van der Waals surface area contributed by atoms with Gasteiger partial charge in [0.25, 0.3) is 0 Å². The molecule has 2 atom stereocenters. The molecule has 3 heterocycles. The molecule has 6 heteroatoms. The zero-order valence-corrected chi connectivity index (χ0v) is 16.2. The van der Waals surface area contributed by atoms with Crippen molar-refractivity contribution in [3.63, 3.8) is 0 Å². The quantitative estimate of drug-likeness (QED) is 0.806. The lowest BCUT2D eigenvalue weighted by molar-refractivity contribution is 0.0233. The standard InChI is InChI=1S/C19H33N5O/c1-15-13-20-18(21-19(15)22(2)3)12-16-6-7-17(25-16)14-24-9-5-8-23(4)10-11-24/h13,16-17H,5-12,14H2,1-4H3/t16-,17+/m0/s1. The number of aromatic nitrogens is 2. The Morgan fingerprint density at radius 1 is 1.16 bits per heavy atom. The van der Waals surface area contributed by atoms with E-state index in [2.05, 4.69) is 33.7 Å². The minimum Gasteiger partial charge on any atom is -0.373 e. The highest BCUT2D eigenvalue weighted by Gasteiger charge is 2.28. The molecule has 1 aromatic heterocycles. The van der Waals surface area contributed by atoms with Crippen LogP contribution in [0.3, 0.4) is 0 Å². The molecular formula is C19H33N5O. The van der Waals surface area contributed by atoms with Crippen LogP contribution in [0.4, 0.5) is 5.82 Å². The van der Waals surface area contributed by atoms with E-state index < -0.39 is 0 Å². The normalized spacial score (nSPS) is 25.9. The van der Waals surface area contributed by atoms with Gasteiger partial charge in [-0.25, -0.2) is 9.97 Å². The molecule has 2 aliphatic rings. The number of likely N-dealkylation sites (N-methyl/N-ethyl adjacent to an activating group) is 1. The molecule has 0 saturated carbocycles. The Labute approximate surface area is 152 Å². The van der Waals surface area contributed by atoms with Gasteiger partial charge in [-0.05, 0) is 46.3 Å². The third-order valence-corrected chi connectivity index (χ3v) is 5.30. The predicted molar refractivity (Wildman–Crippen MR) is 101 cm³/mol. The van der Waals surface area contributed by atoms with E-state index in [9.17, 15) is 0 Å². The molecule has 0 N–H and O–H groups in total. The maximum Gasteiger partial charge on any atom is 0.134 e. The molecule has 0 radical (unpaired) electrons. The molecule has 0 amide bonds. The number of hydrogen-bond donors (Lipinski definition) is 0. The summed E-state index contributed by atoms with van der Waals surface area (Å²) in [7, 11) is 6.27. The van der Waals surface area contributed by atoms with Crippen LogP contribution >= 0.6 is 0 Å². The zero-order chi connectivity index (χ0) is 17.8. The first-order valence-electron chi connectivity index (χ1n) is 9.57. The van der Waals surface area contributed by atoms with Crippen LogP contribution in [0, 0.1) is 6.92 Å². The third-order valence-electron chi connectivity index (χ3n) is 5.30. The first-order chi connectivity index (χ1) is 12.0. The lowest BCUT2D eigenvalue weighted by atomic mass is 10.1. The van der Waals surface area contributed by atoms with Gasteiger partial charge in [-0.2, -0.15) is 0 Å². The van der Waals surface area contributed by atoms with Crippen molar-refractivity contribution in [2.45, 2.75) is 44.8 Å². The number of nitrogens with zero attached hydrogens (tertiary/aromatic N) is 5. The van der Waals surface area contributed by atoms with Gasteiger partial charge >= 0.3 is 0 Å². The molecule has 1 aromatic rings. The van der Waals surface area contributed by atoms with E-state index in [1.807, 2.05) is 20.3 Å². The summed E-state index contributed by atoms with van der Waals surface area (Å²) in [5.41, 5.74) is 1.12. The monoisotopic (exact) mass is 347 g/mol. The van der Waals surface area contributed by atoms with E-state index in [-0.39, 0.29) is 6.10 Å². The van der Waals surface area contributed by atoms with Crippen LogP contribution in [0.15, 0.2) is 6.20 Å². The van der Waals surface area contributed by atoms with Crippen molar-refractivity contribution in [3.8, 4) is 0 Å². The van der Waals surface area contributed by atoms with Crippen LogP contribution < -0.4 is 4.90 Å². The van der Waals surface area contributed by atoms with Gasteiger partial charge in [0.05, 0.1) is 12.2 Å². The summed E-state index contributed by atoms with van der Waals surface area (Å²) in [6, 6.07) is 0. The van der Waals surface area contributed by atoms with Crippen LogP contribution in [-0.4, -0.2) is 85.8 Å². The Hall–Kier alpha value is -1.24. The first-order valence-corrected chi connectivity index (χ1v) is 9.57. The fraction of sp³-hybridized carbons (Fsp3) is 0.789. The second-order valence-corrected chi connectivity index (χ2v) is 7.81. The van der Waals surface area contributed by atoms with Gasteiger partial charge in [-0.1, -0.05) is 0 Å². The van der Waals surface area contributed by atoms with E-state index >= 15 is 0 Å². The van der Waals surface area contributed by atoms with E-state index in [0.717, 1.165) is 49.6 Å². The van der Waals surface area contributed by atoms with E-state index in [1.165, 1.54) is 26.1 Å². The van der Waals surface area contributed by atoms with Crippen molar-refractivity contribution in [3.05, 3.63) is 17.6 Å². The molecule has 0 spiro atoms. The summed E-state index contributed by atoms with van der Waals surface area (Å²) in [5.74, 6) is 1.91. The Morgan fingerprint density at radius 3 is 2.76 bits per heavy atom. The number of anilines is 1. The van der Waals surface area contributed by atoms with Gasteiger partial charge in [-0.15, -0.1) is 0 Å². The number of ether oxygens (including phenoxy) is 1. The molecule has 0 unspecified atom stereocenters. The van der Waals surface area contributed by atoms with E-state index in [4.69, 9.17) is 9.72 Å². The van der Waals surface area contributed by atoms with E-state index in [0.29, 0.717) is 6.10 Å². The Kier molecular flexibility index (Phi) is 6.25. The van der Waals surface area contributed by atoms with Crippen LogP contribution in [0.5, 0.6) is 0 Å². The lowest BCUT2D eigenvalue weighted by Crippen LogP contribution is -2.35. The number of hydrogen-bond acceptors (Lipinski definition) is 6. The van der Waals surface area contributed by atoms with Crippen molar-refractivity contribution < 1.29 is 4.74 Å². The molecule has 140 valence electrons. The number of rotatable bonds is 5. The highest BCUT2D eigenvalue weighted by Crippen LogP contribution is 2.24. The van der Waals surface area contributed by atoms with Crippen molar-refractivity contribution in [2.75, 3.05) is 58.8 Å². The highest BCUT2D eigenvalue weighted by atomic mass is 16.5. The minimum absolute atomic E-state index is 0.261. The molecule has 25 heavy (non-hydrogen) atoms. The van der Waals surface area contributed by atoms with Gasteiger partial charge in [0, 0.05) is 51.9 Å². The summed E-state index contributed by atoms with van der Waals surface area (Å²) in [5, 5.41) is 0. The Balaban J connectivity index is 1.50. The van der Waals surface area contributed by atoms with Crippen LogP contribution in [0.1, 0.15) is 30.7 Å². The SMILES string of the molecule is Cc1cnc(C[C@@H]2CC[C@H](CN3CCCN(C)CC3)O2)nc1N(C)C. The average molecular weight is 348 g/mol. The second-order valence-electron chi connectivity index (χ2n) is 7.81. The molecule has 6 nitrogen and oxygen atoms in total. The number of aryl methyl sites for hydroxylation is 1. The van der Waals surface area contributed by atoms with Crippen molar-refractivity contribution in [1.29, 1.82) is 0 Å². The fourth-order valence-electron chi connectivity index (χ4n) is 3.86. The van der Waals surface area contributed by atoms with Crippen molar-refractivity contribution in [1.82, 2.24) is 19.8 Å². The van der Waals surface area contributed by atoms with Gasteiger partial charge in [-0.3, -0.25) is 4.90 Å². The Bertz CT molecular complexity index is 565. The maximum absolute atomic E-state index is 6.32. The zero-order valence-electron chi connectivity index (χ0n) is 16.2. The average Bonchev–Trinajstić information content (AvgIpc) is 2.90. The molecule has 2 saturated heterocycles. The van der Waals surface area contributed by atoms with Gasteiger partial charge in [0.1, 0.15) is 11.6 Å². The third kappa shape index (κ3) is 5.12. The van der Waals surface area contributed by atoms with Gasteiger partial charge < -0.3 is 14.5 Å².